The summed E-state index contributed by atoms with van der Waals surface area (Å²) in [5.74, 6) is 1.87. The molecule has 0 fully saturated rings. The summed E-state index contributed by atoms with van der Waals surface area (Å²) in [4.78, 5) is 24.5. The molecule has 0 aliphatic heterocycles. The van der Waals surface area contributed by atoms with Gasteiger partial charge >= 0.3 is 0 Å². The van der Waals surface area contributed by atoms with E-state index in [2.05, 4.69) is 89.9 Å². The van der Waals surface area contributed by atoms with Crippen LogP contribution in [0.15, 0.2) is 164 Å². The quantitative estimate of drug-likeness (QED) is 0.180. The predicted molar refractivity (Wildman–Crippen MR) is 201 cm³/mol. The van der Waals surface area contributed by atoms with Gasteiger partial charge in [-0.25, -0.2) is 19.9 Å². The zero-order valence-corrected chi connectivity index (χ0v) is 27.0. The van der Waals surface area contributed by atoms with Crippen LogP contribution in [-0.4, -0.2) is 24.9 Å². The number of rotatable bonds is 6. The number of hydrogen-bond donors (Lipinski definition) is 0. The number of fused-ring (bicyclic) bond motifs is 2. The molecule has 6 aromatic carbocycles. The van der Waals surface area contributed by atoms with Crippen LogP contribution in [0.5, 0.6) is 0 Å². The summed E-state index contributed by atoms with van der Waals surface area (Å²) in [7, 11) is 0. The fraction of sp³-hybridized carbons (Fsp3) is 0. The second kappa shape index (κ2) is 12.3. The average molecular weight is 646 g/mol. The molecule has 0 saturated heterocycles. The maximum Gasteiger partial charge on any atom is 0.164 e. The Morgan fingerprint density at radius 1 is 0.408 bits per heavy atom. The molecule has 0 atom stereocenters. The van der Waals surface area contributed by atoms with Crippen LogP contribution < -0.4 is 0 Å². The molecule has 0 N–H and O–H groups in total. The van der Waals surface area contributed by atoms with Gasteiger partial charge < -0.3 is 0 Å². The fourth-order valence-corrected chi connectivity index (χ4v) is 7.15. The van der Waals surface area contributed by atoms with Gasteiger partial charge in [0.05, 0.1) is 10.2 Å². The number of pyridine rings is 1. The number of aromatic nitrogens is 5. The van der Waals surface area contributed by atoms with Gasteiger partial charge in [-0.2, -0.15) is 0 Å². The Balaban J connectivity index is 1.26. The first-order valence-electron chi connectivity index (χ1n) is 16.1. The standard InChI is InChI=1S/C43H27N5S/c1-4-11-28(12-5-1)40-46-41(29-13-6-2-7-14-29)48-42(47-40)35-24-33(23-34(25-35)36-18-10-17-32-27-44-22-21-37(32)36)31-19-20-39-38(26-31)45-43(49-39)30-15-8-3-9-16-30/h1-27H. The molecular formula is C43H27N5S. The highest BCUT2D eigenvalue weighted by molar-refractivity contribution is 7.21. The van der Waals surface area contributed by atoms with Crippen molar-refractivity contribution in [3.8, 4) is 67.0 Å². The van der Waals surface area contributed by atoms with Crippen molar-refractivity contribution < 1.29 is 0 Å². The van der Waals surface area contributed by atoms with E-state index in [-0.39, 0.29) is 0 Å². The molecule has 9 rings (SSSR count). The molecule has 6 heteroatoms. The van der Waals surface area contributed by atoms with Crippen LogP contribution in [0, 0.1) is 0 Å². The van der Waals surface area contributed by atoms with Crippen molar-refractivity contribution in [2.75, 3.05) is 0 Å². The Labute approximate surface area is 287 Å². The molecule has 5 nitrogen and oxygen atoms in total. The van der Waals surface area contributed by atoms with Gasteiger partial charge in [0.15, 0.2) is 17.5 Å². The van der Waals surface area contributed by atoms with Crippen LogP contribution in [0.2, 0.25) is 0 Å². The Morgan fingerprint density at radius 3 is 1.71 bits per heavy atom. The summed E-state index contributed by atoms with van der Waals surface area (Å²) in [6.07, 6.45) is 3.76. The van der Waals surface area contributed by atoms with Crippen molar-refractivity contribution in [3.05, 3.63) is 164 Å². The molecule has 3 heterocycles. The molecule has 0 aliphatic rings. The van der Waals surface area contributed by atoms with Gasteiger partial charge in [-0.15, -0.1) is 11.3 Å². The van der Waals surface area contributed by atoms with Gasteiger partial charge in [0.2, 0.25) is 0 Å². The van der Waals surface area contributed by atoms with Crippen molar-refractivity contribution in [3.63, 3.8) is 0 Å². The van der Waals surface area contributed by atoms with Crippen LogP contribution in [-0.2, 0) is 0 Å². The predicted octanol–water partition coefficient (Wildman–Crippen LogP) is 11.0. The van der Waals surface area contributed by atoms with E-state index in [4.69, 9.17) is 19.9 Å². The first-order valence-corrected chi connectivity index (χ1v) is 16.9. The normalized spacial score (nSPS) is 11.3. The van der Waals surface area contributed by atoms with Crippen LogP contribution >= 0.6 is 11.3 Å². The smallest absolute Gasteiger partial charge is 0.164 e. The molecule has 0 spiro atoms. The summed E-state index contributed by atoms with van der Waals surface area (Å²) < 4.78 is 1.15. The van der Waals surface area contributed by atoms with E-state index in [9.17, 15) is 0 Å². The molecule has 9 aromatic rings. The van der Waals surface area contributed by atoms with E-state index < -0.39 is 0 Å². The van der Waals surface area contributed by atoms with Crippen molar-refractivity contribution in [2.24, 2.45) is 0 Å². The number of nitrogens with zero attached hydrogens (tertiary/aromatic N) is 5. The summed E-state index contributed by atoms with van der Waals surface area (Å²) in [6, 6.07) is 52.1. The van der Waals surface area contributed by atoms with E-state index in [1.165, 1.54) is 0 Å². The number of hydrogen-bond acceptors (Lipinski definition) is 6. The Morgan fingerprint density at radius 2 is 1.02 bits per heavy atom. The Hall–Kier alpha value is -6.37. The van der Waals surface area contributed by atoms with Crippen molar-refractivity contribution in [1.29, 1.82) is 0 Å². The molecule has 0 aliphatic carbocycles. The maximum atomic E-state index is 5.08. The highest BCUT2D eigenvalue weighted by Gasteiger charge is 2.16. The van der Waals surface area contributed by atoms with Gasteiger partial charge in [0, 0.05) is 40.0 Å². The summed E-state index contributed by atoms with van der Waals surface area (Å²) in [5, 5.41) is 3.23. The van der Waals surface area contributed by atoms with E-state index in [0.717, 1.165) is 70.5 Å². The van der Waals surface area contributed by atoms with Gasteiger partial charge in [0.1, 0.15) is 5.01 Å². The average Bonchev–Trinajstić information content (AvgIpc) is 3.62. The monoisotopic (exact) mass is 645 g/mol. The lowest BCUT2D eigenvalue weighted by atomic mass is 9.93. The minimum atomic E-state index is 0.610. The lowest BCUT2D eigenvalue weighted by Crippen LogP contribution is -2.00. The van der Waals surface area contributed by atoms with Crippen molar-refractivity contribution >= 4 is 32.3 Å². The molecule has 0 bridgehead atoms. The molecule has 0 amide bonds. The maximum absolute atomic E-state index is 5.08. The molecule has 230 valence electrons. The third-order valence-corrected chi connectivity index (χ3v) is 9.71. The Kier molecular flexibility index (Phi) is 7.26. The summed E-state index contributed by atoms with van der Waals surface area (Å²) in [6.45, 7) is 0. The highest BCUT2D eigenvalue weighted by atomic mass is 32.1. The molecule has 3 aromatic heterocycles. The van der Waals surface area contributed by atoms with Crippen LogP contribution in [0.1, 0.15) is 0 Å². The first kappa shape index (κ1) is 28.8. The van der Waals surface area contributed by atoms with E-state index in [0.29, 0.717) is 17.5 Å². The lowest BCUT2D eigenvalue weighted by molar-refractivity contribution is 1.07. The summed E-state index contributed by atoms with van der Waals surface area (Å²) in [5.41, 5.74) is 9.18. The fourth-order valence-electron chi connectivity index (χ4n) is 6.20. The lowest BCUT2D eigenvalue weighted by Gasteiger charge is -2.13. The van der Waals surface area contributed by atoms with Crippen LogP contribution in [0.3, 0.4) is 0 Å². The van der Waals surface area contributed by atoms with Crippen molar-refractivity contribution in [1.82, 2.24) is 24.9 Å². The zero-order valence-electron chi connectivity index (χ0n) is 26.2. The molecular weight excluding hydrogens is 619 g/mol. The van der Waals surface area contributed by atoms with Gasteiger partial charge in [-0.1, -0.05) is 115 Å². The largest absolute Gasteiger partial charge is 0.264 e. The van der Waals surface area contributed by atoms with E-state index in [1.807, 2.05) is 79.1 Å². The third-order valence-electron chi connectivity index (χ3n) is 8.62. The highest BCUT2D eigenvalue weighted by Crippen LogP contribution is 2.38. The van der Waals surface area contributed by atoms with E-state index in [1.54, 1.807) is 11.3 Å². The molecule has 0 unspecified atom stereocenters. The second-order valence-electron chi connectivity index (χ2n) is 11.8. The van der Waals surface area contributed by atoms with E-state index >= 15 is 0 Å². The summed E-state index contributed by atoms with van der Waals surface area (Å²) >= 11 is 1.71. The zero-order chi connectivity index (χ0) is 32.6. The molecule has 0 saturated carbocycles. The number of benzene rings is 6. The van der Waals surface area contributed by atoms with Gasteiger partial charge in [-0.05, 0) is 64.0 Å². The van der Waals surface area contributed by atoms with Gasteiger partial charge in [0.25, 0.3) is 0 Å². The second-order valence-corrected chi connectivity index (χ2v) is 12.8. The van der Waals surface area contributed by atoms with Crippen LogP contribution in [0.25, 0.3) is 88.0 Å². The minimum Gasteiger partial charge on any atom is -0.264 e. The molecule has 49 heavy (non-hydrogen) atoms. The van der Waals surface area contributed by atoms with Crippen molar-refractivity contribution in [2.45, 2.75) is 0 Å². The third kappa shape index (κ3) is 5.64. The Bertz CT molecular complexity index is 2540. The SMILES string of the molecule is c1ccc(-c2nc(-c3ccccc3)nc(-c3cc(-c4ccc5sc(-c6ccccc6)nc5c4)cc(-c4cccc5cnccc45)c3)n2)cc1. The van der Waals surface area contributed by atoms with Crippen LogP contribution in [0.4, 0.5) is 0 Å². The first-order chi connectivity index (χ1) is 24.2. The number of thiazole rings is 1. The minimum absolute atomic E-state index is 0.610. The topological polar surface area (TPSA) is 64.5 Å². The molecule has 0 radical (unpaired) electrons. The van der Waals surface area contributed by atoms with Gasteiger partial charge in [-0.3, -0.25) is 4.98 Å².